The van der Waals surface area contributed by atoms with Crippen LogP contribution in [0.15, 0.2) is 18.2 Å². The van der Waals surface area contributed by atoms with E-state index >= 15 is 0 Å². The number of nitro groups is 1. The molecule has 0 unspecified atom stereocenters. The van der Waals surface area contributed by atoms with Crippen molar-refractivity contribution in [1.29, 1.82) is 0 Å². The highest BCUT2D eigenvalue weighted by atomic mass is 16.6. The van der Waals surface area contributed by atoms with E-state index in [4.69, 9.17) is 4.74 Å². The van der Waals surface area contributed by atoms with Gasteiger partial charge in [0.2, 0.25) is 5.91 Å². The molecule has 132 valence electrons. The van der Waals surface area contributed by atoms with Crippen LogP contribution >= 0.6 is 0 Å². The van der Waals surface area contributed by atoms with Gasteiger partial charge < -0.3 is 15.4 Å². The fourth-order valence-corrected chi connectivity index (χ4v) is 3.10. The van der Waals surface area contributed by atoms with Crippen molar-refractivity contribution in [2.24, 2.45) is 5.92 Å². The van der Waals surface area contributed by atoms with Crippen LogP contribution in [0.5, 0.6) is 5.75 Å². The molecule has 3 atom stereocenters. The lowest BCUT2D eigenvalue weighted by Gasteiger charge is -2.31. The van der Waals surface area contributed by atoms with Gasteiger partial charge in [-0.1, -0.05) is 19.8 Å². The van der Waals surface area contributed by atoms with E-state index in [1.807, 2.05) is 6.92 Å². The molecule has 0 radical (unpaired) electrons. The van der Waals surface area contributed by atoms with Crippen LogP contribution in [0, 0.1) is 16.0 Å². The summed E-state index contributed by atoms with van der Waals surface area (Å²) in [5.41, 5.74) is 0.352. The van der Waals surface area contributed by atoms with Crippen LogP contribution < -0.4 is 15.4 Å². The number of methoxy groups -OCH3 is 1. The van der Waals surface area contributed by atoms with Gasteiger partial charge in [-0.15, -0.1) is 0 Å². The number of carbonyl (C=O) groups is 1. The minimum atomic E-state index is -0.497. The van der Waals surface area contributed by atoms with Gasteiger partial charge in [0.15, 0.2) is 0 Å². The monoisotopic (exact) mass is 335 g/mol. The SMILES string of the molecule is COc1cc([N+](=O)[O-])ccc1NC(=O)[C@H](C)N[C@@H]1CCCC[C@H]1C. The molecule has 1 aromatic carbocycles. The Morgan fingerprint density at radius 3 is 2.71 bits per heavy atom. The second-order valence-corrected chi connectivity index (χ2v) is 6.39. The van der Waals surface area contributed by atoms with Gasteiger partial charge in [-0.25, -0.2) is 0 Å². The first-order valence-electron chi connectivity index (χ1n) is 8.31. The third kappa shape index (κ3) is 4.44. The van der Waals surface area contributed by atoms with Gasteiger partial charge in [0, 0.05) is 12.1 Å². The Hall–Kier alpha value is -2.15. The van der Waals surface area contributed by atoms with E-state index in [2.05, 4.69) is 17.6 Å². The normalized spacial score (nSPS) is 21.8. The highest BCUT2D eigenvalue weighted by Crippen LogP contribution is 2.29. The first-order valence-corrected chi connectivity index (χ1v) is 8.31. The van der Waals surface area contributed by atoms with Crippen LogP contribution in [0.1, 0.15) is 39.5 Å². The predicted molar refractivity (Wildman–Crippen MR) is 92.3 cm³/mol. The summed E-state index contributed by atoms with van der Waals surface area (Å²) in [6.45, 7) is 4.04. The Kier molecular flexibility index (Phi) is 6.14. The summed E-state index contributed by atoms with van der Waals surface area (Å²) in [5, 5.41) is 17.0. The Morgan fingerprint density at radius 1 is 1.38 bits per heavy atom. The van der Waals surface area contributed by atoms with E-state index in [9.17, 15) is 14.9 Å². The Balaban J connectivity index is 2.01. The molecule has 0 saturated heterocycles. The zero-order chi connectivity index (χ0) is 17.7. The summed E-state index contributed by atoms with van der Waals surface area (Å²) in [6.07, 6.45) is 4.70. The number of non-ortho nitro benzene ring substituents is 1. The van der Waals surface area contributed by atoms with Crippen molar-refractivity contribution in [2.75, 3.05) is 12.4 Å². The third-order valence-electron chi connectivity index (χ3n) is 4.62. The number of ether oxygens (including phenoxy) is 1. The lowest BCUT2D eigenvalue weighted by atomic mass is 9.85. The van der Waals surface area contributed by atoms with Crippen molar-refractivity contribution in [3.8, 4) is 5.75 Å². The van der Waals surface area contributed by atoms with Gasteiger partial charge >= 0.3 is 0 Å². The van der Waals surface area contributed by atoms with Gasteiger partial charge in [0.05, 0.1) is 29.8 Å². The number of carbonyl (C=O) groups excluding carboxylic acids is 1. The number of nitrogens with zero attached hydrogens (tertiary/aromatic N) is 1. The van der Waals surface area contributed by atoms with E-state index in [-0.39, 0.29) is 23.4 Å². The standard InChI is InChI=1S/C17H25N3O4/c1-11-6-4-5-7-14(11)18-12(2)17(21)19-15-9-8-13(20(22)23)10-16(15)24-3/h8-12,14,18H,4-7H2,1-3H3,(H,19,21)/t11-,12+,14-/m1/s1. The van der Waals surface area contributed by atoms with E-state index in [0.717, 1.165) is 6.42 Å². The second kappa shape index (κ2) is 8.10. The molecule has 0 aliphatic heterocycles. The number of rotatable bonds is 6. The minimum Gasteiger partial charge on any atom is -0.494 e. The third-order valence-corrected chi connectivity index (χ3v) is 4.62. The maximum Gasteiger partial charge on any atom is 0.273 e. The quantitative estimate of drug-likeness (QED) is 0.615. The summed E-state index contributed by atoms with van der Waals surface area (Å²) in [6, 6.07) is 4.13. The van der Waals surface area contributed by atoms with Crippen LogP contribution in [-0.4, -0.2) is 30.0 Å². The van der Waals surface area contributed by atoms with E-state index < -0.39 is 4.92 Å². The number of hydrogen-bond acceptors (Lipinski definition) is 5. The van der Waals surface area contributed by atoms with Crippen molar-refractivity contribution >= 4 is 17.3 Å². The summed E-state index contributed by atoms with van der Waals surface area (Å²) < 4.78 is 5.14. The number of nitro benzene ring substituents is 1. The highest BCUT2D eigenvalue weighted by Gasteiger charge is 2.25. The van der Waals surface area contributed by atoms with Gasteiger partial charge in [-0.05, 0) is 31.7 Å². The molecule has 24 heavy (non-hydrogen) atoms. The van der Waals surface area contributed by atoms with Crippen molar-refractivity contribution in [2.45, 2.75) is 51.6 Å². The van der Waals surface area contributed by atoms with Crippen molar-refractivity contribution in [3.05, 3.63) is 28.3 Å². The number of hydrogen-bond donors (Lipinski definition) is 2. The Morgan fingerprint density at radius 2 is 2.08 bits per heavy atom. The molecule has 1 fully saturated rings. The predicted octanol–water partition coefficient (Wildman–Crippen LogP) is 3.10. The number of amides is 1. The zero-order valence-electron chi connectivity index (χ0n) is 14.4. The average Bonchev–Trinajstić information content (AvgIpc) is 2.56. The molecule has 0 bridgehead atoms. The minimum absolute atomic E-state index is 0.0768. The topological polar surface area (TPSA) is 93.5 Å². The van der Waals surface area contributed by atoms with Crippen LogP contribution in [-0.2, 0) is 4.79 Å². The van der Waals surface area contributed by atoms with E-state index in [1.165, 1.54) is 44.6 Å². The maximum absolute atomic E-state index is 12.4. The number of nitrogens with one attached hydrogen (secondary N) is 2. The van der Waals surface area contributed by atoms with Crippen LogP contribution in [0.25, 0.3) is 0 Å². The molecule has 7 heteroatoms. The molecule has 0 heterocycles. The molecule has 0 aromatic heterocycles. The average molecular weight is 335 g/mol. The van der Waals surface area contributed by atoms with Gasteiger partial charge in [0.25, 0.3) is 5.69 Å². The van der Waals surface area contributed by atoms with Crippen LogP contribution in [0.4, 0.5) is 11.4 Å². The second-order valence-electron chi connectivity index (χ2n) is 6.39. The molecule has 1 aliphatic carbocycles. The van der Waals surface area contributed by atoms with Gasteiger partial charge in [0.1, 0.15) is 5.75 Å². The smallest absolute Gasteiger partial charge is 0.273 e. The first kappa shape index (κ1) is 18.2. The van der Waals surface area contributed by atoms with E-state index in [1.54, 1.807) is 0 Å². The fourth-order valence-electron chi connectivity index (χ4n) is 3.10. The van der Waals surface area contributed by atoms with Gasteiger partial charge in [-0.2, -0.15) is 0 Å². The fraction of sp³-hybridized carbons (Fsp3) is 0.588. The molecule has 2 rings (SSSR count). The summed E-state index contributed by atoms with van der Waals surface area (Å²) in [4.78, 5) is 22.7. The molecule has 1 aromatic rings. The lowest BCUT2D eigenvalue weighted by molar-refractivity contribution is -0.384. The molecule has 1 amide bonds. The highest BCUT2D eigenvalue weighted by molar-refractivity contribution is 5.96. The maximum atomic E-state index is 12.4. The lowest BCUT2D eigenvalue weighted by Crippen LogP contribution is -2.47. The largest absolute Gasteiger partial charge is 0.494 e. The zero-order valence-corrected chi connectivity index (χ0v) is 14.4. The molecule has 1 saturated carbocycles. The Bertz CT molecular complexity index is 605. The molecule has 7 nitrogen and oxygen atoms in total. The van der Waals surface area contributed by atoms with Crippen LogP contribution in [0.3, 0.4) is 0 Å². The number of anilines is 1. The van der Waals surface area contributed by atoms with Crippen molar-refractivity contribution in [1.82, 2.24) is 5.32 Å². The van der Waals surface area contributed by atoms with Gasteiger partial charge in [-0.3, -0.25) is 14.9 Å². The first-order chi connectivity index (χ1) is 11.4. The Labute approximate surface area is 141 Å². The summed E-state index contributed by atoms with van der Waals surface area (Å²) in [5.74, 6) is 0.652. The van der Waals surface area contributed by atoms with Crippen molar-refractivity contribution in [3.63, 3.8) is 0 Å². The molecule has 0 spiro atoms. The summed E-state index contributed by atoms with van der Waals surface area (Å²) in [7, 11) is 1.42. The number of benzene rings is 1. The van der Waals surface area contributed by atoms with Crippen LogP contribution in [0.2, 0.25) is 0 Å². The van der Waals surface area contributed by atoms with E-state index in [0.29, 0.717) is 17.6 Å². The van der Waals surface area contributed by atoms with Crippen molar-refractivity contribution < 1.29 is 14.5 Å². The molecular weight excluding hydrogens is 310 g/mol. The molecular formula is C17H25N3O4. The molecule has 1 aliphatic rings. The molecule has 2 N–H and O–H groups in total. The summed E-state index contributed by atoms with van der Waals surface area (Å²) >= 11 is 0.